The standard InChI is InChI=1S/C7H9Cl3N2O2S3/c1-4-5(16-3-15-4)11-14-6(13)12(2)17-7(8,9)10/h4H,3H2,1-2H3. The van der Waals surface area contributed by atoms with Gasteiger partial charge in [-0.1, -0.05) is 51.7 Å². The van der Waals surface area contributed by atoms with E-state index in [2.05, 4.69) is 5.16 Å². The zero-order valence-corrected chi connectivity index (χ0v) is 13.6. The van der Waals surface area contributed by atoms with Crippen LogP contribution in [0, 0.1) is 0 Å². The molecule has 1 saturated heterocycles. The van der Waals surface area contributed by atoms with Crippen LogP contribution in [0.4, 0.5) is 4.79 Å². The maximum Gasteiger partial charge on any atom is 0.445 e. The molecule has 98 valence electrons. The van der Waals surface area contributed by atoms with Gasteiger partial charge >= 0.3 is 6.09 Å². The molecule has 10 heteroatoms. The molecule has 1 unspecified atom stereocenters. The van der Waals surface area contributed by atoms with E-state index in [1.165, 1.54) is 7.05 Å². The van der Waals surface area contributed by atoms with E-state index < -0.39 is 9.22 Å². The summed E-state index contributed by atoms with van der Waals surface area (Å²) < 4.78 is -0.527. The largest absolute Gasteiger partial charge is 0.445 e. The van der Waals surface area contributed by atoms with Crippen molar-refractivity contribution in [3.8, 4) is 0 Å². The first-order valence-electron chi connectivity index (χ1n) is 4.32. The van der Waals surface area contributed by atoms with Gasteiger partial charge in [-0.2, -0.15) is 0 Å². The summed E-state index contributed by atoms with van der Waals surface area (Å²) in [7, 11) is 1.44. The number of hydrogen-bond donors (Lipinski definition) is 0. The van der Waals surface area contributed by atoms with E-state index in [0.717, 1.165) is 26.4 Å². The summed E-state index contributed by atoms with van der Waals surface area (Å²) in [6.07, 6.45) is -0.682. The van der Waals surface area contributed by atoms with E-state index in [0.29, 0.717) is 0 Å². The lowest BCUT2D eigenvalue weighted by molar-refractivity contribution is 0.137. The van der Waals surface area contributed by atoms with Gasteiger partial charge in [0.05, 0.1) is 5.25 Å². The van der Waals surface area contributed by atoms with Gasteiger partial charge in [-0.15, -0.1) is 11.8 Å². The normalized spacial score (nSPS) is 22.9. The van der Waals surface area contributed by atoms with E-state index in [1.54, 1.807) is 23.5 Å². The van der Waals surface area contributed by atoms with Gasteiger partial charge in [0.15, 0.2) is 0 Å². The van der Waals surface area contributed by atoms with E-state index in [-0.39, 0.29) is 5.25 Å². The van der Waals surface area contributed by atoms with Crippen LogP contribution in [0.5, 0.6) is 0 Å². The molecule has 1 fully saturated rings. The Bertz CT molecular complexity index is 324. The van der Waals surface area contributed by atoms with Gasteiger partial charge in [0.25, 0.3) is 3.12 Å². The molecule has 1 amide bonds. The van der Waals surface area contributed by atoms with E-state index >= 15 is 0 Å². The van der Waals surface area contributed by atoms with Crippen molar-refractivity contribution in [3.05, 3.63) is 0 Å². The van der Waals surface area contributed by atoms with Crippen LogP contribution < -0.4 is 0 Å². The highest BCUT2D eigenvalue weighted by atomic mass is 35.6. The van der Waals surface area contributed by atoms with Crippen molar-refractivity contribution in [2.45, 2.75) is 15.3 Å². The van der Waals surface area contributed by atoms with Crippen molar-refractivity contribution in [1.29, 1.82) is 0 Å². The maximum absolute atomic E-state index is 11.5. The first kappa shape index (κ1) is 15.9. The van der Waals surface area contributed by atoms with Gasteiger partial charge in [0.1, 0.15) is 5.04 Å². The van der Waals surface area contributed by atoms with Crippen molar-refractivity contribution >= 4 is 81.4 Å². The van der Waals surface area contributed by atoms with Crippen LogP contribution in [-0.4, -0.2) is 35.9 Å². The number of nitrogens with zero attached hydrogens (tertiary/aromatic N) is 2. The average molecular weight is 356 g/mol. The molecule has 17 heavy (non-hydrogen) atoms. The van der Waals surface area contributed by atoms with Gasteiger partial charge in [-0.05, 0) is 6.92 Å². The fourth-order valence-corrected chi connectivity index (χ4v) is 4.66. The average Bonchev–Trinajstić information content (AvgIpc) is 2.57. The molecule has 1 heterocycles. The Labute approximate surface area is 127 Å². The van der Waals surface area contributed by atoms with Crippen molar-refractivity contribution in [2.75, 3.05) is 12.1 Å². The van der Waals surface area contributed by atoms with Gasteiger partial charge < -0.3 is 0 Å². The van der Waals surface area contributed by atoms with E-state index in [4.69, 9.17) is 39.6 Å². The molecular weight excluding hydrogens is 347 g/mol. The van der Waals surface area contributed by atoms with Crippen molar-refractivity contribution in [3.63, 3.8) is 0 Å². The highest BCUT2D eigenvalue weighted by Gasteiger charge is 2.27. The lowest BCUT2D eigenvalue weighted by Gasteiger charge is -2.17. The van der Waals surface area contributed by atoms with Gasteiger partial charge in [-0.25, -0.2) is 9.10 Å². The molecule has 0 aromatic carbocycles. The molecule has 0 spiro atoms. The minimum absolute atomic E-state index is 0.249. The summed E-state index contributed by atoms with van der Waals surface area (Å²) >= 11 is 20.6. The first-order chi connectivity index (χ1) is 7.79. The molecule has 0 aromatic heterocycles. The lowest BCUT2D eigenvalue weighted by Crippen LogP contribution is -2.23. The second-order valence-electron chi connectivity index (χ2n) is 2.89. The third kappa shape index (κ3) is 6.02. The van der Waals surface area contributed by atoms with Gasteiger partial charge in [0, 0.05) is 24.1 Å². The molecule has 1 atom stereocenters. The zero-order valence-electron chi connectivity index (χ0n) is 8.85. The van der Waals surface area contributed by atoms with Crippen molar-refractivity contribution in [1.82, 2.24) is 4.31 Å². The zero-order chi connectivity index (χ0) is 13.1. The van der Waals surface area contributed by atoms with E-state index in [9.17, 15) is 4.79 Å². The van der Waals surface area contributed by atoms with Crippen LogP contribution >= 0.6 is 70.3 Å². The Kier molecular flexibility index (Phi) is 6.42. The Morgan fingerprint density at radius 3 is 2.76 bits per heavy atom. The van der Waals surface area contributed by atoms with Crippen molar-refractivity contribution < 1.29 is 9.63 Å². The quantitative estimate of drug-likeness (QED) is 0.322. The van der Waals surface area contributed by atoms with Crippen molar-refractivity contribution in [2.24, 2.45) is 5.16 Å². The molecule has 0 aromatic rings. The van der Waals surface area contributed by atoms with Crippen LogP contribution in [0.25, 0.3) is 0 Å². The predicted molar refractivity (Wildman–Crippen MR) is 79.1 cm³/mol. The summed E-state index contributed by atoms with van der Waals surface area (Å²) in [5.41, 5.74) is 0. The molecule has 0 saturated carbocycles. The third-order valence-electron chi connectivity index (χ3n) is 1.58. The monoisotopic (exact) mass is 354 g/mol. The first-order valence-corrected chi connectivity index (χ1v) is 8.26. The van der Waals surface area contributed by atoms with Crippen LogP contribution in [-0.2, 0) is 4.84 Å². The summed E-state index contributed by atoms with van der Waals surface area (Å²) in [5.74, 6) is 0. The number of hydrogen-bond acceptors (Lipinski definition) is 6. The Hall–Kier alpha value is 0.860. The number of rotatable bonds is 2. The molecular formula is C7H9Cl3N2O2S3. The molecule has 1 aliphatic heterocycles. The molecule has 0 radical (unpaired) electrons. The summed E-state index contributed by atoms with van der Waals surface area (Å²) in [6, 6.07) is 0. The smallest absolute Gasteiger partial charge is 0.296 e. The van der Waals surface area contributed by atoms with Gasteiger partial charge in [0.2, 0.25) is 0 Å². The fourth-order valence-electron chi connectivity index (χ4n) is 0.820. The number of halogens is 3. The molecule has 4 nitrogen and oxygen atoms in total. The number of thioether (sulfide) groups is 2. The van der Waals surface area contributed by atoms with Gasteiger partial charge in [-0.3, -0.25) is 4.84 Å². The molecule has 0 N–H and O–H groups in total. The summed E-state index contributed by atoms with van der Waals surface area (Å²) in [5, 5.41) is 5.73. The minimum Gasteiger partial charge on any atom is -0.296 e. The molecule has 0 bridgehead atoms. The molecule has 1 rings (SSSR count). The Morgan fingerprint density at radius 2 is 2.29 bits per heavy atom. The summed E-state index contributed by atoms with van der Waals surface area (Å²) in [4.78, 5) is 16.2. The number of carbonyl (C=O) groups is 1. The van der Waals surface area contributed by atoms with Crippen LogP contribution in [0.2, 0.25) is 0 Å². The number of carbonyl (C=O) groups excluding carboxylic acids is 1. The second kappa shape index (κ2) is 6.86. The third-order valence-corrected chi connectivity index (χ3v) is 5.45. The number of oxime groups is 1. The molecule has 0 aliphatic carbocycles. The highest BCUT2D eigenvalue weighted by Crippen LogP contribution is 2.40. The number of amides is 1. The lowest BCUT2D eigenvalue weighted by atomic mass is 10.5. The maximum atomic E-state index is 11.5. The number of alkyl halides is 3. The second-order valence-corrected chi connectivity index (χ2v) is 9.88. The fraction of sp³-hybridized carbons (Fsp3) is 0.714. The van der Waals surface area contributed by atoms with Crippen LogP contribution in [0.3, 0.4) is 0 Å². The molecule has 1 aliphatic rings. The minimum atomic E-state index is -1.60. The predicted octanol–water partition coefficient (Wildman–Crippen LogP) is 4.17. The summed E-state index contributed by atoms with van der Waals surface area (Å²) in [6.45, 7) is 2.00. The Balaban J connectivity index is 2.44. The topological polar surface area (TPSA) is 41.9 Å². The van der Waals surface area contributed by atoms with E-state index in [1.807, 2.05) is 6.92 Å². The highest BCUT2D eigenvalue weighted by molar-refractivity contribution is 8.29. The van der Waals surface area contributed by atoms with Crippen LogP contribution in [0.15, 0.2) is 5.16 Å². The van der Waals surface area contributed by atoms with Crippen LogP contribution in [0.1, 0.15) is 6.92 Å². The SMILES string of the molecule is CC1SCSC1=NOC(=O)N(C)SC(Cl)(Cl)Cl. The Morgan fingerprint density at radius 1 is 1.65 bits per heavy atom.